The third-order valence-corrected chi connectivity index (χ3v) is 3.39. The van der Waals surface area contributed by atoms with Crippen molar-refractivity contribution in [2.45, 2.75) is 51.0 Å². The van der Waals surface area contributed by atoms with E-state index in [4.69, 9.17) is 9.47 Å². The van der Waals surface area contributed by atoms with Crippen LogP contribution < -0.4 is 5.32 Å². The fourth-order valence-electron chi connectivity index (χ4n) is 2.45. The van der Waals surface area contributed by atoms with Crippen LogP contribution in [-0.4, -0.2) is 38.4 Å². The maximum atomic E-state index is 12.1. The Morgan fingerprint density at radius 1 is 1.24 bits per heavy atom. The summed E-state index contributed by atoms with van der Waals surface area (Å²) in [6.07, 6.45) is 6.39. The fourth-order valence-corrected chi connectivity index (χ4v) is 2.45. The first-order valence-electron chi connectivity index (χ1n) is 6.66. The van der Waals surface area contributed by atoms with Crippen molar-refractivity contribution < 1.29 is 14.3 Å². The van der Waals surface area contributed by atoms with E-state index < -0.39 is 5.54 Å². The number of hydrogen-bond donors (Lipinski definition) is 1. The number of hydrogen-bond acceptors (Lipinski definition) is 4. The molecule has 0 bridgehead atoms. The molecule has 1 aliphatic carbocycles. The van der Waals surface area contributed by atoms with E-state index in [9.17, 15) is 4.79 Å². The van der Waals surface area contributed by atoms with Crippen LogP contribution >= 0.6 is 0 Å². The molecule has 1 saturated carbocycles. The van der Waals surface area contributed by atoms with Gasteiger partial charge in [-0.3, -0.25) is 10.1 Å². The van der Waals surface area contributed by atoms with Crippen LogP contribution in [0.25, 0.3) is 0 Å². The Labute approximate surface area is 104 Å². The third-order valence-electron chi connectivity index (χ3n) is 3.39. The van der Waals surface area contributed by atoms with E-state index in [1.165, 1.54) is 12.8 Å². The van der Waals surface area contributed by atoms with Crippen LogP contribution in [0.15, 0.2) is 0 Å². The second kappa shape index (κ2) is 7.67. The Morgan fingerprint density at radius 2 is 1.88 bits per heavy atom. The van der Waals surface area contributed by atoms with E-state index in [0.29, 0.717) is 19.8 Å². The minimum absolute atomic E-state index is 0.0852. The topological polar surface area (TPSA) is 47.6 Å². The first kappa shape index (κ1) is 14.5. The summed E-state index contributed by atoms with van der Waals surface area (Å²) >= 11 is 0. The number of carbonyl (C=O) groups excluding carboxylic acids is 1. The molecule has 0 atom stereocenters. The predicted molar refractivity (Wildman–Crippen MR) is 66.9 cm³/mol. The van der Waals surface area contributed by atoms with Crippen molar-refractivity contribution in [1.29, 1.82) is 0 Å². The van der Waals surface area contributed by atoms with E-state index in [-0.39, 0.29) is 5.97 Å². The van der Waals surface area contributed by atoms with E-state index >= 15 is 0 Å². The maximum absolute atomic E-state index is 12.1. The SMILES string of the molecule is CCOC(=O)C1(NCCOC)CCCCCC1. The van der Waals surface area contributed by atoms with Gasteiger partial charge in [-0.25, -0.2) is 0 Å². The summed E-state index contributed by atoms with van der Waals surface area (Å²) in [7, 11) is 1.67. The quantitative estimate of drug-likeness (QED) is 0.439. The second-order valence-electron chi connectivity index (χ2n) is 4.64. The summed E-state index contributed by atoms with van der Waals surface area (Å²) in [5.74, 6) is -0.0852. The van der Waals surface area contributed by atoms with Crippen molar-refractivity contribution in [1.82, 2.24) is 5.32 Å². The Kier molecular flexibility index (Phi) is 6.52. The number of methoxy groups -OCH3 is 1. The zero-order valence-corrected chi connectivity index (χ0v) is 11.1. The van der Waals surface area contributed by atoms with Crippen molar-refractivity contribution in [2.24, 2.45) is 0 Å². The zero-order chi connectivity index (χ0) is 12.6. The molecule has 0 spiro atoms. The van der Waals surface area contributed by atoms with Gasteiger partial charge in [0, 0.05) is 13.7 Å². The van der Waals surface area contributed by atoms with Gasteiger partial charge < -0.3 is 9.47 Å². The molecular weight excluding hydrogens is 218 g/mol. The molecule has 1 fully saturated rings. The Hall–Kier alpha value is -0.610. The molecule has 0 unspecified atom stereocenters. The minimum Gasteiger partial charge on any atom is -0.465 e. The average molecular weight is 243 g/mol. The fraction of sp³-hybridized carbons (Fsp3) is 0.923. The van der Waals surface area contributed by atoms with Crippen LogP contribution in [0.5, 0.6) is 0 Å². The van der Waals surface area contributed by atoms with Gasteiger partial charge in [0.05, 0.1) is 13.2 Å². The lowest BCUT2D eigenvalue weighted by atomic mass is 9.90. The van der Waals surface area contributed by atoms with Crippen molar-refractivity contribution in [2.75, 3.05) is 26.9 Å². The molecule has 4 heteroatoms. The van der Waals surface area contributed by atoms with Crippen molar-refractivity contribution in [3.05, 3.63) is 0 Å². The molecule has 1 N–H and O–H groups in total. The van der Waals surface area contributed by atoms with Crippen molar-refractivity contribution >= 4 is 5.97 Å². The molecule has 1 rings (SSSR count). The molecular formula is C13H25NO3. The number of nitrogens with one attached hydrogen (secondary N) is 1. The van der Waals surface area contributed by atoms with Gasteiger partial charge >= 0.3 is 5.97 Å². The molecule has 0 aliphatic heterocycles. The van der Waals surface area contributed by atoms with Crippen molar-refractivity contribution in [3.8, 4) is 0 Å². The van der Waals surface area contributed by atoms with Gasteiger partial charge in [0.1, 0.15) is 5.54 Å². The summed E-state index contributed by atoms with van der Waals surface area (Å²) in [5.41, 5.74) is -0.467. The molecule has 1 aliphatic rings. The molecule has 100 valence electrons. The van der Waals surface area contributed by atoms with E-state index in [1.54, 1.807) is 7.11 Å². The Balaban J connectivity index is 2.63. The summed E-state index contributed by atoms with van der Waals surface area (Å²) in [6.45, 7) is 3.64. The number of esters is 1. The van der Waals surface area contributed by atoms with Crippen LogP contribution in [0, 0.1) is 0 Å². The van der Waals surface area contributed by atoms with Crippen LogP contribution in [0.2, 0.25) is 0 Å². The largest absolute Gasteiger partial charge is 0.465 e. The summed E-state index contributed by atoms with van der Waals surface area (Å²) in [4.78, 5) is 12.1. The summed E-state index contributed by atoms with van der Waals surface area (Å²) < 4.78 is 10.3. The molecule has 0 saturated heterocycles. The average Bonchev–Trinajstić information content (AvgIpc) is 2.56. The monoisotopic (exact) mass is 243 g/mol. The van der Waals surface area contributed by atoms with E-state index in [2.05, 4.69) is 5.32 Å². The molecule has 0 aromatic carbocycles. The van der Waals surface area contributed by atoms with Gasteiger partial charge in [-0.15, -0.1) is 0 Å². The number of carbonyl (C=O) groups is 1. The van der Waals surface area contributed by atoms with Gasteiger partial charge in [-0.1, -0.05) is 25.7 Å². The van der Waals surface area contributed by atoms with Crippen LogP contribution in [0.3, 0.4) is 0 Å². The lowest BCUT2D eigenvalue weighted by Gasteiger charge is -2.31. The highest BCUT2D eigenvalue weighted by atomic mass is 16.5. The molecule has 0 amide bonds. The van der Waals surface area contributed by atoms with Crippen LogP contribution in [0.1, 0.15) is 45.4 Å². The molecule has 0 aromatic heterocycles. The Morgan fingerprint density at radius 3 is 2.41 bits per heavy atom. The van der Waals surface area contributed by atoms with Gasteiger partial charge in [-0.2, -0.15) is 0 Å². The highest BCUT2D eigenvalue weighted by molar-refractivity contribution is 5.80. The maximum Gasteiger partial charge on any atom is 0.326 e. The predicted octanol–water partition coefficient (Wildman–Crippen LogP) is 1.88. The zero-order valence-electron chi connectivity index (χ0n) is 11.1. The first-order chi connectivity index (χ1) is 8.25. The third kappa shape index (κ3) is 4.28. The highest BCUT2D eigenvalue weighted by Gasteiger charge is 2.39. The van der Waals surface area contributed by atoms with Gasteiger partial charge in [-0.05, 0) is 19.8 Å². The van der Waals surface area contributed by atoms with Crippen LogP contribution in [0.4, 0.5) is 0 Å². The molecule has 0 heterocycles. The van der Waals surface area contributed by atoms with E-state index in [0.717, 1.165) is 25.7 Å². The number of ether oxygens (including phenoxy) is 2. The van der Waals surface area contributed by atoms with E-state index in [1.807, 2.05) is 6.92 Å². The normalized spacial score (nSPS) is 19.6. The molecule has 4 nitrogen and oxygen atoms in total. The lowest BCUT2D eigenvalue weighted by molar-refractivity contribution is -0.152. The Bertz CT molecular complexity index is 223. The minimum atomic E-state index is -0.467. The summed E-state index contributed by atoms with van der Waals surface area (Å²) in [6, 6.07) is 0. The molecule has 0 aromatic rings. The second-order valence-corrected chi connectivity index (χ2v) is 4.64. The van der Waals surface area contributed by atoms with Gasteiger partial charge in [0.15, 0.2) is 0 Å². The van der Waals surface area contributed by atoms with Crippen LogP contribution in [-0.2, 0) is 14.3 Å². The first-order valence-corrected chi connectivity index (χ1v) is 6.66. The smallest absolute Gasteiger partial charge is 0.326 e. The molecule has 0 radical (unpaired) electrons. The summed E-state index contributed by atoms with van der Waals surface area (Å²) in [5, 5.41) is 3.36. The standard InChI is InChI=1S/C13H25NO3/c1-3-17-12(15)13(14-10-11-16-2)8-6-4-5-7-9-13/h14H,3-11H2,1-2H3. The highest BCUT2D eigenvalue weighted by Crippen LogP contribution is 2.28. The van der Waals surface area contributed by atoms with Gasteiger partial charge in [0.25, 0.3) is 0 Å². The van der Waals surface area contributed by atoms with Crippen molar-refractivity contribution in [3.63, 3.8) is 0 Å². The lowest BCUT2D eigenvalue weighted by Crippen LogP contribution is -2.53. The number of rotatable bonds is 6. The molecule has 17 heavy (non-hydrogen) atoms. The van der Waals surface area contributed by atoms with Gasteiger partial charge in [0.2, 0.25) is 0 Å².